The maximum absolute atomic E-state index is 13.7. The van der Waals surface area contributed by atoms with Crippen LogP contribution in [0.25, 0.3) is 11.1 Å². The van der Waals surface area contributed by atoms with Gasteiger partial charge in [0.1, 0.15) is 5.83 Å². The average Bonchev–Trinajstić information content (AvgIpc) is 2.73. The minimum Gasteiger partial charge on any atom is -0.212 e. The number of hydrogen-bond donors (Lipinski definition) is 0. The number of hydrogen-bond acceptors (Lipinski definition) is 0. The van der Waals surface area contributed by atoms with E-state index in [1.807, 2.05) is 0 Å². The first-order valence-electron chi connectivity index (χ1n) is 11.0. The van der Waals surface area contributed by atoms with E-state index in [9.17, 15) is 17.6 Å². The van der Waals surface area contributed by atoms with Crippen LogP contribution in [0.2, 0.25) is 0 Å². The van der Waals surface area contributed by atoms with Gasteiger partial charge < -0.3 is 0 Å². The molecule has 0 spiro atoms. The zero-order chi connectivity index (χ0) is 21.6. The smallest absolute Gasteiger partial charge is 0.212 e. The number of allylic oxidation sites excluding steroid dienone is 2. The Morgan fingerprint density at radius 2 is 1.33 bits per heavy atom. The Kier molecular flexibility index (Phi) is 7.74. The van der Waals surface area contributed by atoms with E-state index in [1.165, 1.54) is 22.3 Å². The van der Waals surface area contributed by atoms with E-state index in [4.69, 9.17) is 0 Å². The van der Waals surface area contributed by atoms with Gasteiger partial charge in [-0.2, -0.15) is 13.2 Å². The van der Waals surface area contributed by atoms with Crippen molar-refractivity contribution in [2.45, 2.75) is 64.5 Å². The van der Waals surface area contributed by atoms with Crippen LogP contribution in [0.15, 0.2) is 60.4 Å². The van der Waals surface area contributed by atoms with Gasteiger partial charge in [0.25, 0.3) is 0 Å². The quantitative estimate of drug-likeness (QED) is 0.396. The lowest BCUT2D eigenvalue weighted by atomic mass is 9.79. The Labute approximate surface area is 177 Å². The Morgan fingerprint density at radius 1 is 0.833 bits per heavy atom. The second kappa shape index (κ2) is 10.3. The molecule has 1 saturated carbocycles. The summed E-state index contributed by atoms with van der Waals surface area (Å²) >= 11 is 0. The third-order valence-corrected chi connectivity index (χ3v) is 6.16. The summed E-state index contributed by atoms with van der Waals surface area (Å²) in [6, 6.07) is 17.3. The van der Waals surface area contributed by atoms with Gasteiger partial charge in [-0.3, -0.25) is 0 Å². The molecule has 0 bridgehead atoms. The Bertz CT molecular complexity index is 808. The third-order valence-electron chi connectivity index (χ3n) is 6.16. The van der Waals surface area contributed by atoms with Gasteiger partial charge in [0.15, 0.2) is 0 Å². The minimum atomic E-state index is -4.56. The molecule has 2 aromatic carbocycles. The fourth-order valence-corrected chi connectivity index (χ4v) is 4.39. The summed E-state index contributed by atoms with van der Waals surface area (Å²) in [4.78, 5) is 0. The van der Waals surface area contributed by atoms with Gasteiger partial charge in [-0.1, -0.05) is 61.9 Å². The second-order valence-corrected chi connectivity index (χ2v) is 8.47. The topological polar surface area (TPSA) is 0 Å². The van der Waals surface area contributed by atoms with Crippen LogP contribution >= 0.6 is 0 Å². The fourth-order valence-electron chi connectivity index (χ4n) is 4.39. The predicted molar refractivity (Wildman–Crippen MR) is 115 cm³/mol. The molecule has 0 N–H and O–H groups in total. The molecular weight excluding hydrogens is 388 g/mol. The zero-order valence-corrected chi connectivity index (χ0v) is 17.5. The maximum Gasteiger partial charge on any atom is 0.412 e. The predicted octanol–water partition coefficient (Wildman–Crippen LogP) is 8.46. The first-order valence-corrected chi connectivity index (χ1v) is 11.0. The van der Waals surface area contributed by atoms with Crippen molar-refractivity contribution in [2.75, 3.05) is 0 Å². The summed E-state index contributed by atoms with van der Waals surface area (Å²) in [5, 5.41) is 0. The summed E-state index contributed by atoms with van der Waals surface area (Å²) in [7, 11) is 0. The van der Waals surface area contributed by atoms with Crippen molar-refractivity contribution in [2.24, 2.45) is 11.8 Å². The molecule has 0 amide bonds. The first kappa shape index (κ1) is 22.6. The van der Waals surface area contributed by atoms with Crippen molar-refractivity contribution < 1.29 is 17.6 Å². The molecule has 0 aliphatic heterocycles. The van der Waals surface area contributed by atoms with Crippen LogP contribution in [-0.4, -0.2) is 6.18 Å². The lowest BCUT2D eigenvalue weighted by Gasteiger charge is -2.27. The Balaban J connectivity index is 1.47. The van der Waals surface area contributed by atoms with E-state index in [0.29, 0.717) is 18.8 Å². The molecule has 0 atom stereocenters. The zero-order valence-electron chi connectivity index (χ0n) is 17.5. The van der Waals surface area contributed by atoms with Crippen molar-refractivity contribution >= 4 is 0 Å². The average molecular weight is 419 g/mol. The van der Waals surface area contributed by atoms with Crippen LogP contribution in [-0.2, 0) is 12.8 Å². The highest BCUT2D eigenvalue weighted by atomic mass is 19.4. The molecule has 0 radical (unpaired) electrons. The monoisotopic (exact) mass is 418 g/mol. The fraction of sp³-hybridized carbons (Fsp3) is 0.462. The number of benzene rings is 2. The van der Waals surface area contributed by atoms with Gasteiger partial charge in [-0.25, -0.2) is 4.39 Å². The van der Waals surface area contributed by atoms with Crippen molar-refractivity contribution in [3.05, 3.63) is 71.6 Å². The summed E-state index contributed by atoms with van der Waals surface area (Å²) in [6.07, 6.45) is 2.08. The molecular formula is C26H30F4. The van der Waals surface area contributed by atoms with Crippen LogP contribution in [0.4, 0.5) is 17.6 Å². The Hall–Kier alpha value is -2.10. The van der Waals surface area contributed by atoms with E-state index < -0.39 is 17.9 Å². The molecule has 1 aliphatic rings. The molecule has 0 heterocycles. The lowest BCUT2D eigenvalue weighted by molar-refractivity contribution is -0.0821. The molecule has 30 heavy (non-hydrogen) atoms. The summed E-state index contributed by atoms with van der Waals surface area (Å²) in [5.74, 6) is -1.10. The largest absolute Gasteiger partial charge is 0.412 e. The van der Waals surface area contributed by atoms with Crippen LogP contribution in [0, 0.1) is 11.8 Å². The highest BCUT2D eigenvalue weighted by molar-refractivity contribution is 5.63. The van der Waals surface area contributed by atoms with Crippen molar-refractivity contribution in [3.8, 4) is 11.1 Å². The molecule has 0 saturated heterocycles. The molecule has 0 unspecified atom stereocenters. The summed E-state index contributed by atoms with van der Waals surface area (Å²) in [5.41, 5.74) is 5.05. The molecule has 0 nitrogen and oxygen atoms in total. The van der Waals surface area contributed by atoms with Gasteiger partial charge in [-0.15, -0.1) is 0 Å². The highest BCUT2D eigenvalue weighted by Gasteiger charge is 2.30. The normalized spacial score (nSPS) is 20.4. The first-order chi connectivity index (χ1) is 14.3. The van der Waals surface area contributed by atoms with Crippen molar-refractivity contribution in [3.63, 3.8) is 0 Å². The van der Waals surface area contributed by atoms with Crippen molar-refractivity contribution in [1.29, 1.82) is 0 Å². The molecule has 1 aliphatic carbocycles. The van der Waals surface area contributed by atoms with Crippen LogP contribution in [0.5, 0.6) is 0 Å². The van der Waals surface area contributed by atoms with E-state index in [2.05, 4.69) is 55.5 Å². The maximum atomic E-state index is 13.7. The molecule has 162 valence electrons. The van der Waals surface area contributed by atoms with Gasteiger partial charge in [0, 0.05) is 5.92 Å². The third kappa shape index (κ3) is 6.72. The van der Waals surface area contributed by atoms with Crippen LogP contribution in [0.3, 0.4) is 0 Å². The number of halogens is 4. The molecule has 4 heteroatoms. The van der Waals surface area contributed by atoms with Crippen LogP contribution < -0.4 is 0 Å². The standard InChI is InChI=1S/C26H30F4/c1-2-3-19-6-12-22(13-7-19)23-14-8-20(9-15-23)4-5-21-10-16-24(17-11-21)25(27)18-26(28,29)30/h6-9,12-15,18,21,24H,2-5,10-11,16-17H2,1H3. The number of aryl methyl sites for hydroxylation is 2. The summed E-state index contributed by atoms with van der Waals surface area (Å²) < 4.78 is 50.7. The lowest BCUT2D eigenvalue weighted by Crippen LogP contribution is -2.17. The SMILES string of the molecule is CCCc1ccc(-c2ccc(CCC3CCC(C(F)=CC(F)(F)F)CC3)cc2)cc1. The summed E-state index contributed by atoms with van der Waals surface area (Å²) in [6.45, 7) is 2.18. The Morgan fingerprint density at radius 3 is 1.80 bits per heavy atom. The number of alkyl halides is 3. The minimum absolute atomic E-state index is 0.170. The van der Waals surface area contributed by atoms with Gasteiger partial charge in [0.05, 0.1) is 6.08 Å². The van der Waals surface area contributed by atoms with Crippen LogP contribution in [0.1, 0.15) is 56.6 Å². The van der Waals surface area contributed by atoms with E-state index in [1.54, 1.807) is 0 Å². The molecule has 1 fully saturated rings. The molecule has 0 aromatic heterocycles. The van der Waals surface area contributed by atoms with Gasteiger partial charge >= 0.3 is 6.18 Å². The van der Waals surface area contributed by atoms with Gasteiger partial charge in [0.2, 0.25) is 0 Å². The van der Waals surface area contributed by atoms with E-state index >= 15 is 0 Å². The van der Waals surface area contributed by atoms with Gasteiger partial charge in [-0.05, 0) is 73.1 Å². The second-order valence-electron chi connectivity index (χ2n) is 8.47. The van der Waals surface area contributed by atoms with E-state index in [0.717, 1.165) is 38.5 Å². The van der Waals surface area contributed by atoms with E-state index in [-0.39, 0.29) is 6.08 Å². The molecule has 2 aromatic rings. The number of rotatable bonds is 7. The van der Waals surface area contributed by atoms with Crippen molar-refractivity contribution in [1.82, 2.24) is 0 Å². The molecule has 3 rings (SSSR count). The highest BCUT2D eigenvalue weighted by Crippen LogP contribution is 2.37.